The zero-order valence-electron chi connectivity index (χ0n) is 17.8. The van der Waals surface area contributed by atoms with Gasteiger partial charge in [-0.05, 0) is 24.8 Å². The fourth-order valence-corrected chi connectivity index (χ4v) is 4.55. The fourth-order valence-electron chi connectivity index (χ4n) is 2.79. The molecule has 2 atom stereocenters. The Morgan fingerprint density at radius 3 is 2.25 bits per heavy atom. The number of rotatable bonds is 11. The molecule has 0 fully saturated rings. The zero-order chi connectivity index (χ0) is 23.9. The second kappa shape index (κ2) is 11.1. The first-order valence-electron chi connectivity index (χ1n) is 9.79. The smallest absolute Gasteiger partial charge is 0.394 e. The van der Waals surface area contributed by atoms with E-state index in [9.17, 15) is 26.7 Å². The Morgan fingerprint density at radius 2 is 1.69 bits per heavy atom. The molecule has 0 radical (unpaired) electrons. The van der Waals surface area contributed by atoms with Gasteiger partial charge in [0.15, 0.2) is 10.9 Å². The van der Waals surface area contributed by atoms with E-state index < -0.39 is 33.9 Å². The number of aliphatic hydroxyl groups excluding tert-OH is 1. The molecule has 0 amide bonds. The summed E-state index contributed by atoms with van der Waals surface area (Å²) in [6.45, 7) is 5.57. The SMILES string of the molecule is CC(C)C[C@H](CO)Nc1nc(NS(=O)(=O)CC(F)(F)F)nc(SC(C)c2ccccc2)n1. The molecule has 8 nitrogen and oxygen atoms in total. The Bertz CT molecular complexity index is 976. The molecule has 3 N–H and O–H groups in total. The molecule has 0 aliphatic carbocycles. The van der Waals surface area contributed by atoms with Crippen molar-refractivity contribution in [2.45, 2.75) is 49.8 Å². The number of nitrogens with one attached hydrogen (secondary N) is 2. The minimum atomic E-state index is -4.92. The molecule has 0 saturated heterocycles. The Morgan fingerprint density at radius 1 is 1.06 bits per heavy atom. The van der Waals surface area contributed by atoms with Crippen molar-refractivity contribution in [3.63, 3.8) is 0 Å². The summed E-state index contributed by atoms with van der Waals surface area (Å²) < 4.78 is 63.4. The van der Waals surface area contributed by atoms with E-state index in [4.69, 9.17) is 0 Å². The Hall–Kier alpha value is -2.12. The molecule has 1 unspecified atom stereocenters. The first-order valence-corrected chi connectivity index (χ1v) is 12.3. The topological polar surface area (TPSA) is 117 Å². The van der Waals surface area contributed by atoms with Gasteiger partial charge in [-0.15, -0.1) is 0 Å². The van der Waals surface area contributed by atoms with E-state index in [1.807, 2.05) is 51.1 Å². The van der Waals surface area contributed by atoms with Gasteiger partial charge >= 0.3 is 6.18 Å². The molecule has 1 aromatic carbocycles. The number of nitrogens with zero attached hydrogens (tertiary/aromatic N) is 3. The highest BCUT2D eigenvalue weighted by Crippen LogP contribution is 2.33. The second-order valence-electron chi connectivity index (χ2n) is 7.57. The van der Waals surface area contributed by atoms with Gasteiger partial charge in [0.1, 0.15) is 0 Å². The van der Waals surface area contributed by atoms with Gasteiger partial charge < -0.3 is 10.4 Å². The standard InChI is InChI=1S/C19H26F3N5O3S2/c1-12(2)9-15(10-28)23-16-24-17(27-32(29,30)11-19(20,21)22)26-18(25-16)31-13(3)14-7-5-4-6-8-14/h4-8,12-13,15,28H,9-11H2,1-3H3,(H2,23,24,25,26,27)/t13?,15-/m1/s1. The summed E-state index contributed by atoms with van der Waals surface area (Å²) in [6, 6.07) is 8.96. The first kappa shape index (κ1) is 26.1. The average molecular weight is 494 g/mol. The summed E-state index contributed by atoms with van der Waals surface area (Å²) in [5, 5.41) is 12.5. The minimum Gasteiger partial charge on any atom is -0.394 e. The van der Waals surface area contributed by atoms with Crippen LogP contribution in [-0.4, -0.2) is 53.1 Å². The molecule has 0 saturated carbocycles. The Kier molecular flexibility index (Phi) is 9.10. The highest BCUT2D eigenvalue weighted by atomic mass is 32.2. The van der Waals surface area contributed by atoms with E-state index >= 15 is 0 Å². The molecular weight excluding hydrogens is 467 g/mol. The van der Waals surface area contributed by atoms with Gasteiger partial charge in [-0.25, -0.2) is 8.42 Å². The van der Waals surface area contributed by atoms with E-state index in [1.54, 1.807) is 4.72 Å². The van der Waals surface area contributed by atoms with Crippen LogP contribution in [0.2, 0.25) is 0 Å². The van der Waals surface area contributed by atoms with Crippen LogP contribution in [0.15, 0.2) is 35.5 Å². The van der Waals surface area contributed by atoms with E-state index in [0.29, 0.717) is 6.42 Å². The molecule has 0 spiro atoms. The lowest BCUT2D eigenvalue weighted by molar-refractivity contribution is -0.106. The quantitative estimate of drug-likeness (QED) is 0.404. The summed E-state index contributed by atoms with van der Waals surface area (Å²) >= 11 is 1.19. The normalized spacial score (nSPS) is 14.2. The third-order valence-corrected chi connectivity index (χ3v) is 6.30. The summed E-state index contributed by atoms with van der Waals surface area (Å²) in [7, 11) is -4.77. The Balaban J connectivity index is 2.33. The lowest BCUT2D eigenvalue weighted by Gasteiger charge is -2.19. The minimum absolute atomic E-state index is 0.0489. The number of sulfonamides is 1. The van der Waals surface area contributed by atoms with Crippen molar-refractivity contribution in [3.8, 4) is 0 Å². The van der Waals surface area contributed by atoms with E-state index in [-0.39, 0.29) is 28.9 Å². The van der Waals surface area contributed by atoms with Gasteiger partial charge in [0.25, 0.3) is 0 Å². The van der Waals surface area contributed by atoms with Crippen LogP contribution >= 0.6 is 11.8 Å². The molecule has 0 aliphatic heterocycles. The van der Waals surface area contributed by atoms with Crippen molar-refractivity contribution < 1.29 is 26.7 Å². The highest BCUT2D eigenvalue weighted by Gasteiger charge is 2.35. The van der Waals surface area contributed by atoms with Crippen LogP contribution in [0.1, 0.15) is 38.0 Å². The number of thioether (sulfide) groups is 1. The van der Waals surface area contributed by atoms with Crippen LogP contribution in [0.4, 0.5) is 25.1 Å². The number of alkyl halides is 3. The number of aromatic nitrogens is 3. The van der Waals surface area contributed by atoms with Crippen molar-refractivity contribution in [1.82, 2.24) is 15.0 Å². The maximum Gasteiger partial charge on any atom is 0.404 e. The summed E-state index contributed by atoms with van der Waals surface area (Å²) in [4.78, 5) is 12.2. The predicted molar refractivity (Wildman–Crippen MR) is 118 cm³/mol. The van der Waals surface area contributed by atoms with Crippen molar-refractivity contribution in [1.29, 1.82) is 0 Å². The monoisotopic (exact) mass is 493 g/mol. The van der Waals surface area contributed by atoms with E-state index in [2.05, 4.69) is 20.3 Å². The molecule has 178 valence electrons. The van der Waals surface area contributed by atoms with Gasteiger partial charge in [-0.1, -0.05) is 55.9 Å². The molecule has 1 heterocycles. The van der Waals surface area contributed by atoms with Crippen molar-refractivity contribution >= 4 is 33.7 Å². The zero-order valence-corrected chi connectivity index (χ0v) is 19.4. The lowest BCUT2D eigenvalue weighted by atomic mass is 10.0. The largest absolute Gasteiger partial charge is 0.404 e. The van der Waals surface area contributed by atoms with Gasteiger partial charge in [0.05, 0.1) is 12.6 Å². The predicted octanol–water partition coefficient (Wildman–Crippen LogP) is 3.85. The first-order chi connectivity index (χ1) is 14.9. The molecule has 1 aromatic heterocycles. The van der Waals surface area contributed by atoms with Crippen molar-refractivity contribution in [3.05, 3.63) is 35.9 Å². The number of hydrogen-bond donors (Lipinski definition) is 3. The fraction of sp³-hybridized carbons (Fsp3) is 0.526. The molecule has 32 heavy (non-hydrogen) atoms. The highest BCUT2D eigenvalue weighted by molar-refractivity contribution is 7.99. The van der Waals surface area contributed by atoms with Crippen LogP contribution < -0.4 is 10.0 Å². The summed E-state index contributed by atoms with van der Waals surface area (Å²) in [5.74, 6) is -2.41. The van der Waals surface area contributed by atoms with Gasteiger partial charge in [0, 0.05) is 5.25 Å². The Labute approximate surface area is 189 Å². The lowest BCUT2D eigenvalue weighted by Crippen LogP contribution is -2.29. The van der Waals surface area contributed by atoms with Crippen molar-refractivity contribution in [2.24, 2.45) is 5.92 Å². The van der Waals surface area contributed by atoms with Crippen LogP contribution in [-0.2, 0) is 10.0 Å². The molecule has 0 aliphatic rings. The van der Waals surface area contributed by atoms with Gasteiger partial charge in [-0.2, -0.15) is 28.1 Å². The third kappa shape index (κ3) is 9.17. The van der Waals surface area contributed by atoms with Gasteiger partial charge in [-0.3, -0.25) is 4.72 Å². The van der Waals surface area contributed by atoms with Crippen LogP contribution in [0.3, 0.4) is 0 Å². The van der Waals surface area contributed by atoms with Crippen LogP contribution in [0.5, 0.6) is 0 Å². The van der Waals surface area contributed by atoms with E-state index in [1.165, 1.54) is 11.8 Å². The summed E-state index contributed by atoms with van der Waals surface area (Å²) in [6.07, 6.45) is -4.35. The number of hydrogen-bond acceptors (Lipinski definition) is 8. The molecule has 0 bridgehead atoms. The molecule has 2 rings (SSSR count). The molecular formula is C19H26F3N5O3S2. The van der Waals surface area contributed by atoms with Crippen LogP contribution in [0, 0.1) is 5.92 Å². The third-order valence-electron chi connectivity index (χ3n) is 4.08. The number of anilines is 2. The number of benzene rings is 1. The van der Waals surface area contributed by atoms with E-state index in [0.717, 1.165) is 5.56 Å². The average Bonchev–Trinajstić information content (AvgIpc) is 2.65. The maximum absolute atomic E-state index is 12.6. The maximum atomic E-state index is 12.6. The molecule has 13 heteroatoms. The summed E-state index contributed by atoms with van der Waals surface area (Å²) in [5.41, 5.74) is 0.958. The second-order valence-corrected chi connectivity index (χ2v) is 10.6. The van der Waals surface area contributed by atoms with Crippen LogP contribution in [0.25, 0.3) is 0 Å². The molecule has 2 aromatic rings. The number of halogens is 3. The van der Waals surface area contributed by atoms with Gasteiger partial charge in [0.2, 0.25) is 21.9 Å². The number of aliphatic hydroxyl groups is 1. The van der Waals surface area contributed by atoms with Crippen molar-refractivity contribution in [2.75, 3.05) is 22.4 Å².